The lowest BCUT2D eigenvalue weighted by Gasteiger charge is -2.35. The molecule has 0 radical (unpaired) electrons. The number of pyridine rings is 1. The van der Waals surface area contributed by atoms with E-state index < -0.39 is 0 Å². The molecule has 0 aliphatic carbocycles. The second-order valence-corrected chi connectivity index (χ2v) is 6.75. The second-order valence-electron chi connectivity index (χ2n) is 6.75. The Hall–Kier alpha value is -2.99. The van der Waals surface area contributed by atoms with E-state index in [-0.39, 0.29) is 5.56 Å². The molecule has 27 heavy (non-hydrogen) atoms. The summed E-state index contributed by atoms with van der Waals surface area (Å²) in [4.78, 5) is 28.3. The van der Waals surface area contributed by atoms with Crippen LogP contribution in [0.3, 0.4) is 0 Å². The lowest BCUT2D eigenvalue weighted by molar-refractivity contribution is 0.260. The number of nitrogens with zero attached hydrogens (tertiary/aromatic N) is 4. The van der Waals surface area contributed by atoms with Gasteiger partial charge in [0.05, 0.1) is 5.69 Å². The largest absolute Gasteiger partial charge is 0.340 e. The average Bonchev–Trinajstić information content (AvgIpc) is 2.73. The topological polar surface area (TPSA) is 65.1 Å². The molecule has 3 heterocycles. The summed E-state index contributed by atoms with van der Waals surface area (Å²) in [7, 11) is 0. The predicted octanol–water partition coefficient (Wildman–Crippen LogP) is 2.20. The molecule has 0 unspecified atom stereocenters. The Morgan fingerprint density at radius 3 is 2.44 bits per heavy atom. The minimum absolute atomic E-state index is 0.127. The molecule has 6 nitrogen and oxygen atoms in total. The molecule has 0 spiro atoms. The van der Waals surface area contributed by atoms with Gasteiger partial charge in [-0.25, -0.2) is 4.98 Å². The number of rotatable bonds is 5. The monoisotopic (exact) mass is 361 g/mol. The number of anilines is 1. The van der Waals surface area contributed by atoms with Crippen LogP contribution in [0.1, 0.15) is 5.56 Å². The lowest BCUT2D eigenvalue weighted by atomic mass is 10.1. The minimum atomic E-state index is -0.127. The van der Waals surface area contributed by atoms with Gasteiger partial charge in [-0.05, 0) is 24.1 Å². The van der Waals surface area contributed by atoms with Gasteiger partial charge in [-0.1, -0.05) is 30.3 Å². The fraction of sp³-hybridized carbons (Fsp3) is 0.286. The predicted molar refractivity (Wildman–Crippen MR) is 107 cm³/mol. The highest BCUT2D eigenvalue weighted by atomic mass is 16.1. The molecule has 0 amide bonds. The van der Waals surface area contributed by atoms with E-state index in [4.69, 9.17) is 0 Å². The van der Waals surface area contributed by atoms with Crippen molar-refractivity contribution in [3.05, 3.63) is 76.8 Å². The van der Waals surface area contributed by atoms with Gasteiger partial charge in [0, 0.05) is 56.7 Å². The van der Waals surface area contributed by atoms with Crippen molar-refractivity contribution in [2.75, 3.05) is 37.6 Å². The van der Waals surface area contributed by atoms with Crippen molar-refractivity contribution in [2.24, 2.45) is 0 Å². The van der Waals surface area contributed by atoms with Gasteiger partial charge in [-0.15, -0.1) is 0 Å². The summed E-state index contributed by atoms with van der Waals surface area (Å²) in [6, 6.07) is 15.9. The number of aromatic amines is 1. The van der Waals surface area contributed by atoms with E-state index in [0.717, 1.165) is 44.7 Å². The van der Waals surface area contributed by atoms with Crippen LogP contribution in [0, 0.1) is 0 Å². The Kier molecular flexibility index (Phi) is 5.25. The SMILES string of the molecule is O=c1cc(-c2ccncc2)nc(N2CCN(CCc3ccccc3)CC2)[nH]1. The lowest BCUT2D eigenvalue weighted by Crippen LogP contribution is -2.47. The van der Waals surface area contributed by atoms with Gasteiger partial charge < -0.3 is 4.90 Å². The maximum atomic E-state index is 12.1. The maximum absolute atomic E-state index is 12.1. The van der Waals surface area contributed by atoms with Crippen LogP contribution in [0.5, 0.6) is 0 Å². The summed E-state index contributed by atoms with van der Waals surface area (Å²) in [5.41, 5.74) is 2.83. The molecule has 6 heteroatoms. The van der Waals surface area contributed by atoms with Crippen LogP contribution in [-0.4, -0.2) is 52.6 Å². The fourth-order valence-corrected chi connectivity index (χ4v) is 3.38. The molecule has 1 saturated heterocycles. The Morgan fingerprint density at radius 1 is 0.963 bits per heavy atom. The Morgan fingerprint density at radius 2 is 1.70 bits per heavy atom. The Balaban J connectivity index is 1.39. The van der Waals surface area contributed by atoms with E-state index in [2.05, 4.69) is 55.1 Å². The summed E-state index contributed by atoms with van der Waals surface area (Å²) in [5.74, 6) is 0.650. The number of hydrogen-bond donors (Lipinski definition) is 1. The smallest absolute Gasteiger partial charge is 0.252 e. The molecule has 0 bridgehead atoms. The quantitative estimate of drug-likeness (QED) is 0.755. The zero-order valence-electron chi connectivity index (χ0n) is 15.2. The van der Waals surface area contributed by atoms with Gasteiger partial charge in [0.1, 0.15) is 0 Å². The van der Waals surface area contributed by atoms with Crippen LogP contribution in [0.15, 0.2) is 65.7 Å². The molecule has 4 rings (SSSR count). The van der Waals surface area contributed by atoms with Crippen LogP contribution >= 0.6 is 0 Å². The normalized spacial score (nSPS) is 15.0. The molecule has 138 valence electrons. The van der Waals surface area contributed by atoms with E-state index in [1.165, 1.54) is 11.6 Å². The van der Waals surface area contributed by atoms with E-state index in [1.807, 2.05) is 12.1 Å². The summed E-state index contributed by atoms with van der Waals surface area (Å²) >= 11 is 0. The van der Waals surface area contributed by atoms with Gasteiger partial charge in [-0.3, -0.25) is 19.7 Å². The van der Waals surface area contributed by atoms with Gasteiger partial charge in [0.25, 0.3) is 5.56 Å². The van der Waals surface area contributed by atoms with Crippen molar-refractivity contribution >= 4 is 5.95 Å². The van der Waals surface area contributed by atoms with Crippen molar-refractivity contribution in [3.8, 4) is 11.3 Å². The highest BCUT2D eigenvalue weighted by Crippen LogP contribution is 2.17. The van der Waals surface area contributed by atoms with Gasteiger partial charge in [-0.2, -0.15) is 0 Å². The number of nitrogens with one attached hydrogen (secondary N) is 1. The molecule has 3 aromatic rings. The molecular formula is C21H23N5O. The van der Waals surface area contributed by atoms with Crippen molar-refractivity contribution < 1.29 is 0 Å². The summed E-state index contributed by atoms with van der Waals surface area (Å²) in [5, 5.41) is 0. The maximum Gasteiger partial charge on any atom is 0.252 e. The molecule has 1 aromatic carbocycles. The molecule has 1 fully saturated rings. The third kappa shape index (κ3) is 4.41. The highest BCUT2D eigenvalue weighted by Gasteiger charge is 2.19. The molecule has 2 aromatic heterocycles. The first-order chi connectivity index (χ1) is 13.3. The second kappa shape index (κ2) is 8.14. The van der Waals surface area contributed by atoms with E-state index >= 15 is 0 Å². The van der Waals surface area contributed by atoms with Crippen molar-refractivity contribution in [2.45, 2.75) is 6.42 Å². The molecule has 0 saturated carbocycles. The average molecular weight is 361 g/mol. The summed E-state index contributed by atoms with van der Waals surface area (Å²) in [6.45, 7) is 4.71. The zero-order chi connectivity index (χ0) is 18.5. The van der Waals surface area contributed by atoms with Crippen LogP contribution in [0.4, 0.5) is 5.95 Å². The standard InChI is InChI=1S/C21H23N5O/c27-20-16-19(18-6-9-22-10-7-18)23-21(24-20)26-14-12-25(13-15-26)11-8-17-4-2-1-3-5-17/h1-7,9-10,16H,8,11-15H2,(H,23,24,27). The van der Waals surface area contributed by atoms with Crippen LogP contribution in [-0.2, 0) is 6.42 Å². The number of H-pyrrole nitrogens is 1. The molecule has 0 atom stereocenters. The van der Waals surface area contributed by atoms with Crippen LogP contribution in [0.25, 0.3) is 11.3 Å². The zero-order valence-corrected chi connectivity index (χ0v) is 15.2. The van der Waals surface area contributed by atoms with Crippen LogP contribution < -0.4 is 10.5 Å². The Labute approximate surface area is 158 Å². The third-order valence-electron chi connectivity index (χ3n) is 4.94. The number of benzene rings is 1. The van der Waals surface area contributed by atoms with E-state index in [1.54, 1.807) is 12.4 Å². The Bertz CT molecular complexity index is 918. The fourth-order valence-electron chi connectivity index (χ4n) is 3.38. The molecule has 1 N–H and O–H groups in total. The number of hydrogen-bond acceptors (Lipinski definition) is 5. The van der Waals surface area contributed by atoms with Gasteiger partial charge in [0.15, 0.2) is 0 Å². The van der Waals surface area contributed by atoms with Gasteiger partial charge >= 0.3 is 0 Å². The summed E-state index contributed by atoms with van der Waals surface area (Å²) in [6.07, 6.45) is 4.49. The van der Waals surface area contributed by atoms with E-state index in [9.17, 15) is 4.79 Å². The highest BCUT2D eigenvalue weighted by molar-refractivity contribution is 5.59. The van der Waals surface area contributed by atoms with Crippen molar-refractivity contribution in [1.29, 1.82) is 0 Å². The minimum Gasteiger partial charge on any atom is -0.340 e. The summed E-state index contributed by atoms with van der Waals surface area (Å²) < 4.78 is 0. The number of piperazine rings is 1. The third-order valence-corrected chi connectivity index (χ3v) is 4.94. The first-order valence-corrected chi connectivity index (χ1v) is 9.31. The van der Waals surface area contributed by atoms with Crippen molar-refractivity contribution in [3.63, 3.8) is 0 Å². The van der Waals surface area contributed by atoms with Crippen molar-refractivity contribution in [1.82, 2.24) is 19.9 Å². The first-order valence-electron chi connectivity index (χ1n) is 9.31. The first kappa shape index (κ1) is 17.4. The molecule has 1 aliphatic rings. The van der Waals surface area contributed by atoms with E-state index in [0.29, 0.717) is 11.6 Å². The molecular weight excluding hydrogens is 338 g/mol. The van der Waals surface area contributed by atoms with Crippen LogP contribution in [0.2, 0.25) is 0 Å². The number of aromatic nitrogens is 3. The van der Waals surface area contributed by atoms with Gasteiger partial charge in [0.2, 0.25) is 5.95 Å². The molecule has 1 aliphatic heterocycles.